The Balaban J connectivity index is 1.61. The van der Waals surface area contributed by atoms with Gasteiger partial charge in [0.15, 0.2) is 0 Å². The molecule has 3 aromatic rings. The molecule has 1 heterocycles. The van der Waals surface area contributed by atoms with Crippen LogP contribution in [-0.2, 0) is 6.54 Å². The van der Waals surface area contributed by atoms with Gasteiger partial charge in [0.05, 0.1) is 23.2 Å². The lowest BCUT2D eigenvalue weighted by atomic mass is 10.0. The number of fused-ring (bicyclic) bond motifs is 1. The topological polar surface area (TPSA) is 74.7 Å². The molecule has 0 bridgehead atoms. The van der Waals surface area contributed by atoms with Crippen molar-refractivity contribution in [3.63, 3.8) is 0 Å². The molecule has 0 aromatic heterocycles. The Morgan fingerprint density at radius 2 is 1.50 bits per heavy atom. The summed E-state index contributed by atoms with van der Waals surface area (Å²) in [7, 11) is 0. The summed E-state index contributed by atoms with van der Waals surface area (Å²) >= 11 is 0. The van der Waals surface area contributed by atoms with Crippen LogP contribution in [0.1, 0.15) is 36.6 Å². The van der Waals surface area contributed by atoms with E-state index in [-0.39, 0.29) is 17.7 Å². The number of aromatic carboxylic acids is 1. The predicted octanol–water partition coefficient (Wildman–Crippen LogP) is 3.99. The van der Waals surface area contributed by atoms with Crippen molar-refractivity contribution >= 4 is 17.8 Å². The molecule has 1 N–H and O–H groups in total. The van der Waals surface area contributed by atoms with Crippen LogP contribution >= 0.6 is 0 Å². The van der Waals surface area contributed by atoms with Crippen LogP contribution in [-0.4, -0.2) is 27.8 Å². The van der Waals surface area contributed by atoms with Gasteiger partial charge in [-0.05, 0) is 41.5 Å². The highest BCUT2D eigenvalue weighted by atomic mass is 19.1. The van der Waals surface area contributed by atoms with Crippen LogP contribution in [0.25, 0.3) is 11.1 Å². The number of rotatable bonds is 4. The molecule has 0 radical (unpaired) electrons. The number of carboxylic acid groups (broad SMARTS) is 1. The van der Waals surface area contributed by atoms with E-state index in [1.165, 1.54) is 24.3 Å². The van der Waals surface area contributed by atoms with E-state index in [9.17, 15) is 18.8 Å². The number of carbonyl (C=O) groups excluding carboxylic acids is 2. The summed E-state index contributed by atoms with van der Waals surface area (Å²) in [6, 6.07) is 17.1. The molecule has 6 heteroatoms. The minimum absolute atomic E-state index is 0.105. The fourth-order valence-electron chi connectivity index (χ4n) is 3.24. The monoisotopic (exact) mass is 375 g/mol. The lowest BCUT2D eigenvalue weighted by molar-refractivity contribution is 0.0638. The maximum atomic E-state index is 14.7. The van der Waals surface area contributed by atoms with E-state index in [0.29, 0.717) is 22.3 Å². The van der Waals surface area contributed by atoms with Crippen molar-refractivity contribution in [2.45, 2.75) is 6.54 Å². The highest BCUT2D eigenvalue weighted by Gasteiger charge is 2.35. The van der Waals surface area contributed by atoms with Gasteiger partial charge in [-0.3, -0.25) is 14.5 Å². The van der Waals surface area contributed by atoms with Crippen LogP contribution in [0.15, 0.2) is 66.7 Å². The molecule has 28 heavy (non-hydrogen) atoms. The first-order chi connectivity index (χ1) is 13.5. The van der Waals surface area contributed by atoms with E-state index in [1.54, 1.807) is 42.5 Å². The summed E-state index contributed by atoms with van der Waals surface area (Å²) in [4.78, 5) is 37.0. The van der Waals surface area contributed by atoms with Gasteiger partial charge in [-0.25, -0.2) is 9.18 Å². The van der Waals surface area contributed by atoms with Crippen molar-refractivity contribution in [3.05, 3.63) is 94.8 Å². The average molecular weight is 375 g/mol. The summed E-state index contributed by atoms with van der Waals surface area (Å²) in [6.45, 7) is -0.173. The second-order valence-electron chi connectivity index (χ2n) is 6.43. The first kappa shape index (κ1) is 17.6. The molecular weight excluding hydrogens is 361 g/mol. The molecular formula is C22H14FNO4. The molecule has 3 aromatic carbocycles. The van der Waals surface area contributed by atoms with Gasteiger partial charge >= 0.3 is 5.97 Å². The average Bonchev–Trinajstić information content (AvgIpc) is 2.94. The molecule has 0 spiro atoms. The summed E-state index contributed by atoms with van der Waals surface area (Å²) < 4.78 is 14.7. The Morgan fingerprint density at radius 3 is 2.11 bits per heavy atom. The van der Waals surface area contributed by atoms with Gasteiger partial charge in [-0.1, -0.05) is 36.4 Å². The number of imide groups is 1. The fourth-order valence-corrected chi connectivity index (χ4v) is 3.24. The molecule has 4 rings (SSSR count). The molecule has 0 saturated carbocycles. The quantitative estimate of drug-likeness (QED) is 0.700. The summed E-state index contributed by atoms with van der Waals surface area (Å²) in [5.74, 6) is -2.53. The van der Waals surface area contributed by atoms with Crippen molar-refractivity contribution < 1.29 is 23.9 Å². The van der Waals surface area contributed by atoms with Crippen molar-refractivity contribution in [1.29, 1.82) is 0 Å². The first-order valence-electron chi connectivity index (χ1n) is 8.53. The minimum atomic E-state index is -1.07. The van der Waals surface area contributed by atoms with Gasteiger partial charge in [-0.2, -0.15) is 0 Å². The Labute approximate surface area is 159 Å². The van der Waals surface area contributed by atoms with Crippen LogP contribution < -0.4 is 0 Å². The number of carboxylic acids is 1. The Bertz CT molecular complexity index is 1100. The number of benzene rings is 3. The van der Waals surface area contributed by atoms with E-state index in [0.717, 1.165) is 4.90 Å². The molecule has 0 fully saturated rings. The molecule has 0 saturated heterocycles. The standard InChI is InChI=1S/C22H14FNO4/c23-19-11-14(13-4-3-5-15(10-13)22(27)28)8-9-16(19)12-24-20(25)17-6-1-2-7-18(17)21(24)26/h1-11H,12H2,(H,27,28). The molecule has 1 aliphatic heterocycles. The van der Waals surface area contributed by atoms with Crippen molar-refractivity contribution in [2.24, 2.45) is 0 Å². The molecule has 0 unspecified atom stereocenters. The molecule has 2 amide bonds. The van der Waals surface area contributed by atoms with E-state index in [2.05, 4.69) is 0 Å². The third-order valence-corrected chi connectivity index (χ3v) is 4.70. The lowest BCUT2D eigenvalue weighted by Gasteiger charge is -2.15. The van der Waals surface area contributed by atoms with E-state index < -0.39 is 23.6 Å². The number of hydrogen-bond acceptors (Lipinski definition) is 3. The zero-order valence-corrected chi connectivity index (χ0v) is 14.6. The molecule has 1 aliphatic rings. The SMILES string of the molecule is O=C(O)c1cccc(-c2ccc(CN3C(=O)c4ccccc4C3=O)c(F)c2)c1. The molecule has 0 atom stereocenters. The maximum absolute atomic E-state index is 14.7. The van der Waals surface area contributed by atoms with Crippen LogP contribution in [0.2, 0.25) is 0 Å². The maximum Gasteiger partial charge on any atom is 0.335 e. The van der Waals surface area contributed by atoms with Crippen LogP contribution in [0.3, 0.4) is 0 Å². The van der Waals surface area contributed by atoms with Gasteiger partial charge in [0, 0.05) is 5.56 Å². The predicted molar refractivity (Wildman–Crippen MR) is 99.4 cm³/mol. The third-order valence-electron chi connectivity index (χ3n) is 4.70. The number of amides is 2. The molecule has 0 aliphatic carbocycles. The summed E-state index contributed by atoms with van der Waals surface area (Å²) in [5, 5.41) is 9.09. The highest BCUT2D eigenvalue weighted by molar-refractivity contribution is 6.21. The normalized spacial score (nSPS) is 13.0. The van der Waals surface area contributed by atoms with Crippen molar-refractivity contribution in [2.75, 3.05) is 0 Å². The lowest BCUT2D eigenvalue weighted by Crippen LogP contribution is -2.29. The Kier molecular flexibility index (Phi) is 4.24. The van der Waals surface area contributed by atoms with Gasteiger partial charge in [0.2, 0.25) is 0 Å². The van der Waals surface area contributed by atoms with Crippen molar-refractivity contribution in [3.8, 4) is 11.1 Å². The highest BCUT2D eigenvalue weighted by Crippen LogP contribution is 2.27. The number of hydrogen-bond donors (Lipinski definition) is 1. The van der Waals surface area contributed by atoms with Crippen LogP contribution in [0.4, 0.5) is 4.39 Å². The van der Waals surface area contributed by atoms with Crippen LogP contribution in [0, 0.1) is 5.82 Å². The van der Waals surface area contributed by atoms with E-state index in [1.807, 2.05) is 0 Å². The Hall–Kier alpha value is -3.80. The zero-order chi connectivity index (χ0) is 19.8. The third kappa shape index (κ3) is 2.95. The minimum Gasteiger partial charge on any atom is -0.478 e. The first-order valence-corrected chi connectivity index (χ1v) is 8.53. The smallest absolute Gasteiger partial charge is 0.335 e. The van der Waals surface area contributed by atoms with Crippen molar-refractivity contribution in [1.82, 2.24) is 4.90 Å². The number of nitrogens with zero attached hydrogens (tertiary/aromatic N) is 1. The van der Waals surface area contributed by atoms with Gasteiger partial charge < -0.3 is 5.11 Å². The number of halogens is 1. The summed E-state index contributed by atoms with van der Waals surface area (Å²) in [5.41, 5.74) is 2.00. The zero-order valence-electron chi connectivity index (χ0n) is 14.6. The van der Waals surface area contributed by atoms with Gasteiger partial charge in [0.1, 0.15) is 5.82 Å². The summed E-state index contributed by atoms with van der Waals surface area (Å²) in [6.07, 6.45) is 0. The largest absolute Gasteiger partial charge is 0.478 e. The Morgan fingerprint density at radius 1 is 0.857 bits per heavy atom. The second kappa shape index (κ2) is 6.74. The van der Waals surface area contributed by atoms with Gasteiger partial charge in [0.25, 0.3) is 11.8 Å². The fraction of sp³-hybridized carbons (Fsp3) is 0.0455. The molecule has 138 valence electrons. The molecule has 5 nitrogen and oxygen atoms in total. The van der Waals surface area contributed by atoms with E-state index >= 15 is 0 Å². The van der Waals surface area contributed by atoms with Gasteiger partial charge in [-0.15, -0.1) is 0 Å². The van der Waals surface area contributed by atoms with E-state index in [4.69, 9.17) is 5.11 Å². The number of carbonyl (C=O) groups is 3. The van der Waals surface area contributed by atoms with Crippen LogP contribution in [0.5, 0.6) is 0 Å². The second-order valence-corrected chi connectivity index (χ2v) is 6.43.